The minimum atomic E-state index is -3.99. The lowest BCUT2D eigenvalue weighted by atomic mass is 10.1. The molecule has 6 nitrogen and oxygen atoms in total. The number of hydrogen-bond acceptors (Lipinski definition) is 5. The maximum absolute atomic E-state index is 13.6. The Bertz CT molecular complexity index is 923. The van der Waals surface area contributed by atoms with E-state index in [4.69, 9.17) is 4.74 Å². The van der Waals surface area contributed by atoms with Gasteiger partial charge in [-0.25, -0.2) is 17.6 Å². The van der Waals surface area contributed by atoms with Gasteiger partial charge in [0.2, 0.25) is 10.0 Å². The van der Waals surface area contributed by atoms with Crippen LogP contribution in [0.5, 0.6) is 0 Å². The van der Waals surface area contributed by atoms with Crippen molar-refractivity contribution in [3.8, 4) is 0 Å². The topological polar surface area (TPSA) is 75.7 Å². The molecule has 0 saturated carbocycles. The Morgan fingerprint density at radius 1 is 1.22 bits per heavy atom. The SMILES string of the molecule is COC(=O)c1ccccc1S(=O)(=O)N1CCNCC1c1cccc(F)c1.Cl. The molecule has 0 aromatic heterocycles. The Morgan fingerprint density at radius 3 is 2.67 bits per heavy atom. The molecule has 1 saturated heterocycles. The van der Waals surface area contributed by atoms with Crippen molar-refractivity contribution in [3.05, 3.63) is 65.5 Å². The maximum atomic E-state index is 13.6. The van der Waals surface area contributed by atoms with Gasteiger partial charge < -0.3 is 10.1 Å². The van der Waals surface area contributed by atoms with Gasteiger partial charge in [0.25, 0.3) is 0 Å². The fourth-order valence-corrected chi connectivity index (χ4v) is 4.86. The summed E-state index contributed by atoms with van der Waals surface area (Å²) in [6.07, 6.45) is 0. The summed E-state index contributed by atoms with van der Waals surface area (Å²) in [6.45, 7) is 1.02. The third-order valence-corrected chi connectivity index (χ3v) is 6.27. The Labute approximate surface area is 163 Å². The predicted octanol–water partition coefficient (Wildman–Crippen LogP) is 2.37. The summed E-state index contributed by atoms with van der Waals surface area (Å²) in [5.74, 6) is -1.15. The van der Waals surface area contributed by atoms with Gasteiger partial charge in [0, 0.05) is 19.6 Å². The number of esters is 1. The first-order valence-electron chi connectivity index (χ1n) is 8.10. The van der Waals surface area contributed by atoms with Gasteiger partial charge in [0.05, 0.1) is 23.6 Å². The molecular weight excluding hydrogens is 395 g/mol. The maximum Gasteiger partial charge on any atom is 0.339 e. The van der Waals surface area contributed by atoms with Crippen LogP contribution in [-0.4, -0.2) is 45.4 Å². The number of sulfonamides is 1. The molecule has 1 fully saturated rings. The predicted molar refractivity (Wildman–Crippen MR) is 101 cm³/mol. The number of piperazine rings is 1. The van der Waals surface area contributed by atoms with Crippen molar-refractivity contribution in [1.82, 2.24) is 9.62 Å². The van der Waals surface area contributed by atoms with Crippen LogP contribution in [0.15, 0.2) is 53.4 Å². The zero-order chi connectivity index (χ0) is 18.7. The molecule has 1 unspecified atom stereocenters. The third kappa shape index (κ3) is 4.30. The lowest BCUT2D eigenvalue weighted by molar-refractivity contribution is 0.0596. The highest BCUT2D eigenvalue weighted by Gasteiger charge is 2.36. The second-order valence-electron chi connectivity index (χ2n) is 5.88. The number of hydrogen-bond donors (Lipinski definition) is 1. The van der Waals surface area contributed by atoms with Gasteiger partial charge in [-0.05, 0) is 29.8 Å². The van der Waals surface area contributed by atoms with Gasteiger partial charge in [-0.3, -0.25) is 0 Å². The highest BCUT2D eigenvalue weighted by Crippen LogP contribution is 2.30. The average molecular weight is 415 g/mol. The summed E-state index contributed by atoms with van der Waals surface area (Å²) in [4.78, 5) is 11.9. The van der Waals surface area contributed by atoms with E-state index in [2.05, 4.69) is 5.32 Å². The molecule has 146 valence electrons. The quantitative estimate of drug-likeness (QED) is 0.777. The molecule has 1 heterocycles. The van der Waals surface area contributed by atoms with Gasteiger partial charge in [-0.1, -0.05) is 24.3 Å². The van der Waals surface area contributed by atoms with Crippen molar-refractivity contribution >= 4 is 28.4 Å². The molecule has 1 aliphatic rings. The molecule has 3 rings (SSSR count). The van der Waals surface area contributed by atoms with E-state index in [1.807, 2.05) is 0 Å². The van der Waals surface area contributed by atoms with Crippen molar-refractivity contribution in [2.45, 2.75) is 10.9 Å². The summed E-state index contributed by atoms with van der Waals surface area (Å²) in [7, 11) is -2.79. The Balaban J connectivity index is 0.00000261. The molecular formula is C18H20ClFN2O4S. The highest BCUT2D eigenvalue weighted by molar-refractivity contribution is 7.89. The second kappa shape index (κ2) is 8.79. The first-order chi connectivity index (χ1) is 12.4. The normalized spacial score (nSPS) is 17.8. The first kappa shape index (κ1) is 21.3. The minimum absolute atomic E-state index is 0. The van der Waals surface area contributed by atoms with E-state index in [0.29, 0.717) is 18.7 Å². The molecule has 0 spiro atoms. The summed E-state index contributed by atoms with van der Waals surface area (Å²) >= 11 is 0. The van der Waals surface area contributed by atoms with Crippen LogP contribution in [0.25, 0.3) is 0 Å². The highest BCUT2D eigenvalue weighted by atomic mass is 35.5. The van der Waals surface area contributed by atoms with E-state index < -0.39 is 27.9 Å². The largest absolute Gasteiger partial charge is 0.465 e. The molecule has 0 radical (unpaired) electrons. The van der Waals surface area contributed by atoms with Crippen LogP contribution < -0.4 is 5.32 Å². The van der Waals surface area contributed by atoms with Crippen LogP contribution in [0.1, 0.15) is 22.0 Å². The Hall–Kier alpha value is -2.00. The zero-order valence-electron chi connectivity index (χ0n) is 14.6. The third-order valence-electron chi connectivity index (χ3n) is 4.31. The van der Waals surface area contributed by atoms with Crippen LogP contribution in [0, 0.1) is 5.82 Å². The lowest BCUT2D eigenvalue weighted by Crippen LogP contribution is -2.48. The van der Waals surface area contributed by atoms with Crippen molar-refractivity contribution < 1.29 is 22.3 Å². The van der Waals surface area contributed by atoms with Crippen LogP contribution in [0.2, 0.25) is 0 Å². The Morgan fingerprint density at radius 2 is 1.96 bits per heavy atom. The monoisotopic (exact) mass is 414 g/mol. The Kier molecular flexibility index (Phi) is 6.94. The number of ether oxygens (including phenoxy) is 1. The molecule has 1 aliphatic heterocycles. The minimum Gasteiger partial charge on any atom is -0.465 e. The number of nitrogens with zero attached hydrogens (tertiary/aromatic N) is 1. The first-order valence-corrected chi connectivity index (χ1v) is 9.54. The van der Waals surface area contributed by atoms with E-state index >= 15 is 0 Å². The number of rotatable bonds is 4. The van der Waals surface area contributed by atoms with Crippen molar-refractivity contribution in [2.24, 2.45) is 0 Å². The summed E-state index contributed by atoms with van der Waals surface area (Å²) in [6, 6.07) is 11.2. The number of methoxy groups -OCH3 is 1. The van der Waals surface area contributed by atoms with Crippen molar-refractivity contribution in [1.29, 1.82) is 0 Å². The van der Waals surface area contributed by atoms with Gasteiger partial charge in [0.1, 0.15) is 5.82 Å². The van der Waals surface area contributed by atoms with Gasteiger partial charge in [-0.2, -0.15) is 4.31 Å². The summed E-state index contributed by atoms with van der Waals surface area (Å²) in [5, 5.41) is 3.13. The van der Waals surface area contributed by atoms with Crippen LogP contribution in [0.4, 0.5) is 4.39 Å². The van der Waals surface area contributed by atoms with Gasteiger partial charge >= 0.3 is 5.97 Å². The molecule has 0 amide bonds. The van der Waals surface area contributed by atoms with E-state index in [1.165, 1.54) is 35.7 Å². The average Bonchev–Trinajstić information content (AvgIpc) is 2.67. The van der Waals surface area contributed by atoms with Crippen LogP contribution >= 0.6 is 12.4 Å². The molecule has 9 heteroatoms. The number of nitrogens with one attached hydrogen (secondary N) is 1. The van der Waals surface area contributed by atoms with Gasteiger partial charge in [-0.15, -0.1) is 12.4 Å². The summed E-state index contributed by atoms with van der Waals surface area (Å²) in [5.41, 5.74) is 0.530. The molecule has 1 atom stereocenters. The fourth-order valence-electron chi connectivity index (χ4n) is 3.07. The molecule has 1 N–H and O–H groups in total. The van der Waals surface area contributed by atoms with E-state index in [9.17, 15) is 17.6 Å². The smallest absolute Gasteiger partial charge is 0.339 e. The van der Waals surface area contributed by atoms with E-state index in [0.717, 1.165) is 0 Å². The van der Waals surface area contributed by atoms with E-state index in [-0.39, 0.29) is 29.4 Å². The number of carbonyl (C=O) groups excluding carboxylic acids is 1. The number of benzene rings is 2. The second-order valence-corrected chi connectivity index (χ2v) is 7.74. The zero-order valence-corrected chi connectivity index (χ0v) is 16.2. The number of carbonyl (C=O) groups is 1. The summed E-state index contributed by atoms with van der Waals surface area (Å²) < 4.78 is 46.2. The molecule has 0 bridgehead atoms. The molecule has 0 aliphatic carbocycles. The number of halogens is 2. The molecule has 2 aromatic rings. The van der Waals surface area contributed by atoms with Gasteiger partial charge in [0.15, 0.2) is 0 Å². The molecule has 2 aromatic carbocycles. The van der Waals surface area contributed by atoms with Crippen LogP contribution in [-0.2, 0) is 14.8 Å². The molecule has 27 heavy (non-hydrogen) atoms. The van der Waals surface area contributed by atoms with Crippen molar-refractivity contribution in [2.75, 3.05) is 26.7 Å². The lowest BCUT2D eigenvalue weighted by Gasteiger charge is -2.35. The fraction of sp³-hybridized carbons (Fsp3) is 0.278. The van der Waals surface area contributed by atoms with Crippen LogP contribution in [0.3, 0.4) is 0 Å². The standard InChI is InChI=1S/C18H19FN2O4S.ClH/c1-25-18(22)15-7-2-3-8-17(15)26(23,24)21-10-9-20-12-16(21)13-5-4-6-14(19)11-13;/h2-8,11,16,20H,9-10,12H2,1H3;1H. The van der Waals surface area contributed by atoms with Crippen molar-refractivity contribution in [3.63, 3.8) is 0 Å². The van der Waals surface area contributed by atoms with E-state index in [1.54, 1.807) is 24.3 Å².